The van der Waals surface area contributed by atoms with Gasteiger partial charge in [0.25, 0.3) is 0 Å². The van der Waals surface area contributed by atoms with Crippen molar-refractivity contribution in [1.29, 1.82) is 0 Å². The van der Waals surface area contributed by atoms with Crippen LogP contribution in [0.5, 0.6) is 5.75 Å². The van der Waals surface area contributed by atoms with Crippen LogP contribution in [0.25, 0.3) is 17.0 Å². The molecule has 0 saturated carbocycles. The van der Waals surface area contributed by atoms with Crippen LogP contribution in [-0.2, 0) is 0 Å². The van der Waals surface area contributed by atoms with E-state index < -0.39 is 11.6 Å². The Kier molecular flexibility index (Phi) is 7.01. The van der Waals surface area contributed by atoms with Gasteiger partial charge in [-0.1, -0.05) is 6.07 Å². The summed E-state index contributed by atoms with van der Waals surface area (Å²) in [7, 11) is 3.81. The van der Waals surface area contributed by atoms with E-state index in [4.69, 9.17) is 4.74 Å². The third-order valence-electron chi connectivity index (χ3n) is 7.76. The lowest BCUT2D eigenvalue weighted by molar-refractivity contribution is 0.0982. The largest absolute Gasteiger partial charge is 0.494 e. The highest BCUT2D eigenvalue weighted by atomic mass is 19.1. The number of nitrogens with one attached hydrogen (secondary N) is 1. The molecule has 1 N–H and O–H groups in total. The van der Waals surface area contributed by atoms with Crippen LogP contribution in [0.3, 0.4) is 0 Å². The minimum absolute atomic E-state index is 0.0695. The molecule has 39 heavy (non-hydrogen) atoms. The molecule has 0 bridgehead atoms. The zero-order valence-corrected chi connectivity index (χ0v) is 22.1. The number of hydrogen-bond acceptors (Lipinski definition) is 8. The Balaban J connectivity index is 1.22. The SMILES string of the molecule is COc1cc(N2CCC(N3CCN(C)CC3)CC2)ccc1Nc1nc(-c2c(F)cccc2F)nc2ccnn12. The maximum absolute atomic E-state index is 14.5. The molecule has 2 aliphatic rings. The molecule has 6 rings (SSSR count). The maximum Gasteiger partial charge on any atom is 0.232 e. The third kappa shape index (κ3) is 5.11. The van der Waals surface area contributed by atoms with Gasteiger partial charge in [0, 0.05) is 63.1 Å². The van der Waals surface area contributed by atoms with Gasteiger partial charge in [-0.15, -0.1) is 0 Å². The Morgan fingerprint density at radius 1 is 0.923 bits per heavy atom. The molecule has 204 valence electrons. The molecule has 0 atom stereocenters. The first-order chi connectivity index (χ1) is 19.0. The molecule has 0 amide bonds. The van der Waals surface area contributed by atoms with Gasteiger partial charge in [-0.05, 0) is 44.2 Å². The lowest BCUT2D eigenvalue weighted by Gasteiger charge is -2.42. The first-order valence-corrected chi connectivity index (χ1v) is 13.3. The van der Waals surface area contributed by atoms with Crippen molar-refractivity contribution in [2.45, 2.75) is 18.9 Å². The molecule has 0 unspecified atom stereocenters. The molecular formula is C28H32F2N8O. The Bertz CT molecular complexity index is 1440. The second-order valence-corrected chi connectivity index (χ2v) is 10.1. The van der Waals surface area contributed by atoms with Gasteiger partial charge in [-0.2, -0.15) is 14.6 Å². The summed E-state index contributed by atoms with van der Waals surface area (Å²) < 4.78 is 36.2. The summed E-state index contributed by atoms with van der Waals surface area (Å²) in [6, 6.07) is 12.0. The molecule has 0 aliphatic carbocycles. The number of aromatic nitrogens is 4. The highest BCUT2D eigenvalue weighted by Gasteiger charge is 2.27. The van der Waals surface area contributed by atoms with Gasteiger partial charge < -0.3 is 19.9 Å². The topological polar surface area (TPSA) is 74.1 Å². The minimum atomic E-state index is -0.733. The highest BCUT2D eigenvalue weighted by Crippen LogP contribution is 2.34. The van der Waals surface area contributed by atoms with Gasteiger partial charge in [0.2, 0.25) is 5.95 Å². The van der Waals surface area contributed by atoms with E-state index in [1.54, 1.807) is 19.4 Å². The van der Waals surface area contributed by atoms with Crippen molar-refractivity contribution in [3.8, 4) is 17.1 Å². The fourth-order valence-electron chi connectivity index (χ4n) is 5.51. The average Bonchev–Trinajstić information content (AvgIpc) is 3.43. The monoisotopic (exact) mass is 534 g/mol. The molecule has 9 nitrogen and oxygen atoms in total. The summed E-state index contributed by atoms with van der Waals surface area (Å²) in [6.07, 6.45) is 3.84. The number of piperazine rings is 1. The molecular weight excluding hydrogens is 502 g/mol. The number of rotatable bonds is 6. The quantitative estimate of drug-likeness (QED) is 0.398. The Morgan fingerprint density at radius 3 is 2.38 bits per heavy atom. The van der Waals surface area contributed by atoms with E-state index in [9.17, 15) is 8.78 Å². The van der Waals surface area contributed by atoms with Crippen molar-refractivity contribution in [1.82, 2.24) is 29.4 Å². The predicted octanol–water partition coefficient (Wildman–Crippen LogP) is 4.04. The molecule has 2 aliphatic heterocycles. The molecule has 0 radical (unpaired) electrons. The van der Waals surface area contributed by atoms with Crippen LogP contribution < -0.4 is 15.0 Å². The fraction of sp³-hybridized carbons (Fsp3) is 0.393. The fourth-order valence-corrected chi connectivity index (χ4v) is 5.51. The van der Waals surface area contributed by atoms with Crippen LogP contribution in [0.4, 0.5) is 26.1 Å². The summed E-state index contributed by atoms with van der Waals surface area (Å²) in [5.74, 6) is -0.640. The summed E-state index contributed by atoms with van der Waals surface area (Å²) in [5, 5.41) is 7.51. The zero-order chi connectivity index (χ0) is 26.9. The van der Waals surface area contributed by atoms with E-state index in [0.29, 0.717) is 23.1 Å². The van der Waals surface area contributed by atoms with Crippen molar-refractivity contribution < 1.29 is 13.5 Å². The van der Waals surface area contributed by atoms with Crippen LogP contribution in [0.15, 0.2) is 48.7 Å². The van der Waals surface area contributed by atoms with Crippen LogP contribution in [0.1, 0.15) is 12.8 Å². The van der Waals surface area contributed by atoms with Crippen LogP contribution >= 0.6 is 0 Å². The third-order valence-corrected chi connectivity index (χ3v) is 7.76. The van der Waals surface area contributed by atoms with Crippen LogP contribution in [0, 0.1) is 11.6 Å². The van der Waals surface area contributed by atoms with Gasteiger partial charge in [0.1, 0.15) is 17.4 Å². The van der Waals surface area contributed by atoms with Gasteiger partial charge in [0.15, 0.2) is 11.5 Å². The van der Waals surface area contributed by atoms with Gasteiger partial charge in [-0.3, -0.25) is 4.90 Å². The number of likely N-dealkylation sites (N-methyl/N-ethyl adjacent to an activating group) is 1. The number of ether oxygens (including phenoxy) is 1. The molecule has 4 aromatic rings. The van der Waals surface area contributed by atoms with Crippen molar-refractivity contribution in [3.63, 3.8) is 0 Å². The molecule has 2 aromatic heterocycles. The van der Waals surface area contributed by atoms with Crippen LogP contribution in [0.2, 0.25) is 0 Å². The number of piperidine rings is 1. The van der Waals surface area contributed by atoms with Crippen molar-refractivity contribution in [2.75, 3.05) is 63.6 Å². The second kappa shape index (κ2) is 10.7. The number of halogens is 2. The summed E-state index contributed by atoms with van der Waals surface area (Å²) in [5.41, 5.74) is 1.87. The Labute approximate surface area is 226 Å². The number of fused-ring (bicyclic) bond motifs is 1. The molecule has 2 fully saturated rings. The van der Waals surface area contributed by atoms with E-state index in [0.717, 1.165) is 57.8 Å². The average molecular weight is 535 g/mol. The normalized spacial score (nSPS) is 17.6. The smallest absolute Gasteiger partial charge is 0.232 e. The number of benzene rings is 2. The lowest BCUT2D eigenvalue weighted by atomic mass is 10.0. The highest BCUT2D eigenvalue weighted by molar-refractivity contribution is 5.70. The minimum Gasteiger partial charge on any atom is -0.494 e. The van der Waals surface area contributed by atoms with E-state index >= 15 is 0 Å². The second-order valence-electron chi connectivity index (χ2n) is 10.1. The van der Waals surface area contributed by atoms with Crippen LogP contribution in [-0.4, -0.2) is 88.8 Å². The van der Waals surface area contributed by atoms with Gasteiger partial charge in [-0.25, -0.2) is 13.8 Å². The van der Waals surface area contributed by atoms with E-state index in [2.05, 4.69) is 48.2 Å². The molecule has 0 spiro atoms. The zero-order valence-electron chi connectivity index (χ0n) is 22.1. The van der Waals surface area contributed by atoms with Gasteiger partial charge in [0.05, 0.1) is 24.6 Å². The summed E-state index contributed by atoms with van der Waals surface area (Å²) in [4.78, 5) is 16.2. The number of hydrogen-bond donors (Lipinski definition) is 1. The Morgan fingerprint density at radius 2 is 1.67 bits per heavy atom. The summed E-state index contributed by atoms with van der Waals surface area (Å²) >= 11 is 0. The van der Waals surface area contributed by atoms with Crippen molar-refractivity contribution in [3.05, 3.63) is 60.3 Å². The summed E-state index contributed by atoms with van der Waals surface area (Å²) in [6.45, 7) is 6.55. The number of anilines is 3. The Hall–Kier alpha value is -3.83. The first kappa shape index (κ1) is 25.4. The first-order valence-electron chi connectivity index (χ1n) is 13.3. The number of methoxy groups -OCH3 is 1. The maximum atomic E-state index is 14.5. The van der Waals surface area contributed by atoms with E-state index in [1.807, 2.05) is 12.1 Å². The van der Waals surface area contributed by atoms with E-state index in [1.165, 1.54) is 22.7 Å². The van der Waals surface area contributed by atoms with Gasteiger partial charge >= 0.3 is 0 Å². The van der Waals surface area contributed by atoms with Crippen molar-refractivity contribution >= 4 is 23.0 Å². The van der Waals surface area contributed by atoms with Crippen molar-refractivity contribution in [2.24, 2.45) is 0 Å². The number of nitrogens with zero attached hydrogens (tertiary/aromatic N) is 7. The standard InChI is InChI=1S/C28H32F2N8O/c1-35-14-16-37(17-15-35)19-9-12-36(13-10-19)20-6-7-23(24(18-20)39-2)32-28-34-27(33-25-8-11-31-38(25)28)26-21(29)4-3-5-22(26)30/h3-8,11,18-19H,9-10,12-17H2,1-2H3,(H,32,33,34). The molecule has 2 saturated heterocycles. The van der Waals surface area contributed by atoms with E-state index in [-0.39, 0.29) is 17.3 Å². The predicted molar refractivity (Wildman–Crippen MR) is 147 cm³/mol. The molecule has 2 aromatic carbocycles. The lowest BCUT2D eigenvalue weighted by Crippen LogP contribution is -2.52. The molecule has 11 heteroatoms. The molecule has 4 heterocycles.